The first-order chi connectivity index (χ1) is 5.33. The molecule has 0 aliphatic heterocycles. The molecule has 1 aromatic rings. The molecule has 1 radical (unpaired) electrons. The monoisotopic (exact) mass is 150 g/mol. The molecule has 0 aliphatic rings. The van der Waals surface area contributed by atoms with E-state index in [4.69, 9.17) is 0 Å². The van der Waals surface area contributed by atoms with Crippen LogP contribution < -0.4 is 5.32 Å². The lowest BCUT2D eigenvalue weighted by Gasteiger charge is -2.10. The Morgan fingerprint density at radius 1 is 1.73 bits per heavy atom. The second-order valence-corrected chi connectivity index (χ2v) is 2.51. The van der Waals surface area contributed by atoms with Crippen LogP contribution >= 0.6 is 0 Å². The van der Waals surface area contributed by atoms with E-state index >= 15 is 0 Å². The standard InChI is InChI=1S/C8H12N3/c1-3-7(2)11-8-4-5-9-10-6-8/h4-5,7H,3H2,1-2H3,(H,9,11). The zero-order valence-electron chi connectivity index (χ0n) is 6.83. The second-order valence-electron chi connectivity index (χ2n) is 2.51. The van der Waals surface area contributed by atoms with Crippen molar-refractivity contribution in [3.8, 4) is 0 Å². The summed E-state index contributed by atoms with van der Waals surface area (Å²) in [6.07, 6.45) is 5.51. The minimum Gasteiger partial charge on any atom is -0.381 e. The van der Waals surface area contributed by atoms with Gasteiger partial charge in [-0.25, -0.2) is 0 Å². The Morgan fingerprint density at radius 3 is 3.09 bits per heavy atom. The van der Waals surface area contributed by atoms with Crippen LogP contribution in [-0.2, 0) is 0 Å². The predicted molar refractivity (Wildman–Crippen MR) is 44.2 cm³/mol. The van der Waals surface area contributed by atoms with Crippen LogP contribution in [-0.4, -0.2) is 16.2 Å². The Labute approximate surface area is 66.8 Å². The van der Waals surface area contributed by atoms with E-state index in [1.807, 2.05) is 6.07 Å². The second kappa shape index (κ2) is 3.91. The fraction of sp³-hybridized carbons (Fsp3) is 0.500. The molecule has 1 aromatic heterocycles. The first kappa shape index (κ1) is 7.98. The van der Waals surface area contributed by atoms with Crippen LogP contribution in [0.2, 0.25) is 0 Å². The van der Waals surface area contributed by atoms with Crippen LogP contribution in [0, 0.1) is 6.20 Å². The van der Waals surface area contributed by atoms with Crippen molar-refractivity contribution < 1.29 is 0 Å². The fourth-order valence-electron chi connectivity index (χ4n) is 0.709. The number of hydrogen-bond acceptors (Lipinski definition) is 3. The van der Waals surface area contributed by atoms with E-state index in [1.165, 1.54) is 0 Å². The van der Waals surface area contributed by atoms with Crippen LogP contribution in [0.15, 0.2) is 12.3 Å². The lowest BCUT2D eigenvalue weighted by Crippen LogP contribution is -2.13. The third-order valence-electron chi connectivity index (χ3n) is 1.55. The molecule has 0 spiro atoms. The molecule has 1 N–H and O–H groups in total. The maximum absolute atomic E-state index is 3.63. The predicted octanol–water partition coefficient (Wildman–Crippen LogP) is 1.49. The van der Waals surface area contributed by atoms with Crippen LogP contribution in [0.3, 0.4) is 0 Å². The average molecular weight is 150 g/mol. The van der Waals surface area contributed by atoms with E-state index in [0.717, 1.165) is 12.1 Å². The first-order valence-corrected chi connectivity index (χ1v) is 3.79. The number of rotatable bonds is 3. The molecule has 3 nitrogen and oxygen atoms in total. The summed E-state index contributed by atoms with van der Waals surface area (Å²) in [6.45, 7) is 4.25. The molecule has 0 aromatic carbocycles. The normalized spacial score (nSPS) is 12.5. The molecule has 0 aliphatic carbocycles. The summed E-state index contributed by atoms with van der Waals surface area (Å²) < 4.78 is 0. The molecule has 1 heterocycles. The van der Waals surface area contributed by atoms with Gasteiger partial charge in [-0.15, -0.1) is 5.10 Å². The summed E-state index contributed by atoms with van der Waals surface area (Å²) in [5, 5.41) is 10.5. The van der Waals surface area contributed by atoms with Crippen molar-refractivity contribution in [2.45, 2.75) is 26.3 Å². The summed E-state index contributed by atoms with van der Waals surface area (Å²) in [4.78, 5) is 0. The highest BCUT2D eigenvalue weighted by Crippen LogP contribution is 2.04. The van der Waals surface area contributed by atoms with E-state index < -0.39 is 0 Å². The van der Waals surface area contributed by atoms with Gasteiger partial charge in [0.25, 0.3) is 0 Å². The van der Waals surface area contributed by atoms with Gasteiger partial charge in [-0.2, -0.15) is 5.10 Å². The zero-order valence-corrected chi connectivity index (χ0v) is 6.83. The highest BCUT2D eigenvalue weighted by Gasteiger charge is 1.97. The number of aromatic nitrogens is 2. The van der Waals surface area contributed by atoms with Crippen molar-refractivity contribution in [3.05, 3.63) is 18.5 Å². The average Bonchev–Trinajstić information content (AvgIpc) is 2.06. The van der Waals surface area contributed by atoms with Crippen molar-refractivity contribution in [2.75, 3.05) is 5.32 Å². The van der Waals surface area contributed by atoms with Crippen LogP contribution in [0.4, 0.5) is 5.69 Å². The lowest BCUT2D eigenvalue weighted by molar-refractivity contribution is 0.761. The summed E-state index contributed by atoms with van der Waals surface area (Å²) in [5.74, 6) is 0. The highest BCUT2D eigenvalue weighted by atomic mass is 15.1. The molecule has 3 heteroatoms. The largest absolute Gasteiger partial charge is 0.381 e. The minimum absolute atomic E-state index is 0.468. The molecular weight excluding hydrogens is 138 g/mol. The smallest absolute Gasteiger partial charge is 0.138 e. The van der Waals surface area contributed by atoms with Crippen molar-refractivity contribution >= 4 is 5.69 Å². The Balaban J connectivity index is 2.51. The molecule has 0 fully saturated rings. The Morgan fingerprint density at radius 2 is 2.55 bits per heavy atom. The van der Waals surface area contributed by atoms with Crippen molar-refractivity contribution in [1.29, 1.82) is 0 Å². The third-order valence-corrected chi connectivity index (χ3v) is 1.55. The van der Waals surface area contributed by atoms with Crippen LogP contribution in [0.5, 0.6) is 0 Å². The van der Waals surface area contributed by atoms with Gasteiger partial charge in [0.1, 0.15) is 6.20 Å². The lowest BCUT2D eigenvalue weighted by atomic mass is 10.2. The molecule has 11 heavy (non-hydrogen) atoms. The van der Waals surface area contributed by atoms with E-state index in [2.05, 4.69) is 35.6 Å². The van der Waals surface area contributed by atoms with E-state index in [1.54, 1.807) is 6.20 Å². The van der Waals surface area contributed by atoms with Crippen LogP contribution in [0.1, 0.15) is 20.3 Å². The number of anilines is 1. The van der Waals surface area contributed by atoms with Gasteiger partial charge in [0.15, 0.2) is 0 Å². The maximum Gasteiger partial charge on any atom is 0.138 e. The molecule has 1 rings (SSSR count). The van der Waals surface area contributed by atoms with Gasteiger partial charge in [-0.05, 0) is 19.4 Å². The number of hydrogen-bond donors (Lipinski definition) is 1. The molecule has 59 valence electrons. The van der Waals surface area contributed by atoms with Crippen molar-refractivity contribution in [1.82, 2.24) is 10.2 Å². The minimum atomic E-state index is 0.468. The summed E-state index contributed by atoms with van der Waals surface area (Å²) in [5.41, 5.74) is 0.911. The van der Waals surface area contributed by atoms with E-state index in [9.17, 15) is 0 Å². The van der Waals surface area contributed by atoms with Gasteiger partial charge in [0.2, 0.25) is 0 Å². The Hall–Kier alpha value is -1.12. The highest BCUT2D eigenvalue weighted by molar-refractivity contribution is 5.38. The topological polar surface area (TPSA) is 37.8 Å². The molecular formula is C8H12N3. The Kier molecular flexibility index (Phi) is 2.83. The number of nitrogens with zero attached hydrogens (tertiary/aromatic N) is 2. The SMILES string of the molecule is CCC(C)Nc1[c]nncc1. The molecule has 1 unspecified atom stereocenters. The zero-order chi connectivity index (χ0) is 8.10. The van der Waals surface area contributed by atoms with Crippen LogP contribution in [0.25, 0.3) is 0 Å². The quantitative estimate of drug-likeness (QED) is 0.709. The summed E-state index contributed by atoms with van der Waals surface area (Å²) in [6, 6.07) is 2.33. The molecule has 0 saturated heterocycles. The van der Waals surface area contributed by atoms with Gasteiger partial charge in [-0.1, -0.05) is 6.92 Å². The van der Waals surface area contributed by atoms with Gasteiger partial charge >= 0.3 is 0 Å². The van der Waals surface area contributed by atoms with Gasteiger partial charge in [0, 0.05) is 6.04 Å². The van der Waals surface area contributed by atoms with Gasteiger partial charge < -0.3 is 5.32 Å². The fourth-order valence-corrected chi connectivity index (χ4v) is 0.709. The maximum atomic E-state index is 3.63. The molecule has 0 amide bonds. The first-order valence-electron chi connectivity index (χ1n) is 3.79. The molecule has 1 atom stereocenters. The van der Waals surface area contributed by atoms with E-state index in [-0.39, 0.29) is 0 Å². The van der Waals surface area contributed by atoms with Crippen molar-refractivity contribution in [2.24, 2.45) is 0 Å². The molecule has 0 saturated carbocycles. The van der Waals surface area contributed by atoms with E-state index in [0.29, 0.717) is 6.04 Å². The summed E-state index contributed by atoms with van der Waals surface area (Å²) >= 11 is 0. The molecule has 0 bridgehead atoms. The third kappa shape index (κ3) is 2.53. The summed E-state index contributed by atoms with van der Waals surface area (Å²) in [7, 11) is 0. The Bertz CT molecular complexity index is 198. The van der Waals surface area contributed by atoms with Crippen molar-refractivity contribution in [3.63, 3.8) is 0 Å². The number of nitrogens with one attached hydrogen (secondary N) is 1. The van der Waals surface area contributed by atoms with Gasteiger partial charge in [-0.3, -0.25) is 0 Å². The van der Waals surface area contributed by atoms with Gasteiger partial charge in [0.05, 0.1) is 11.9 Å².